The van der Waals surface area contributed by atoms with Gasteiger partial charge in [-0.2, -0.15) is 0 Å². The Morgan fingerprint density at radius 1 is 1.00 bits per heavy atom. The van der Waals surface area contributed by atoms with E-state index in [9.17, 15) is 8.78 Å². The van der Waals surface area contributed by atoms with Crippen LogP contribution in [0.5, 0.6) is 0 Å². The Labute approximate surface area is 105 Å². The molecule has 0 aromatic heterocycles. The Balaban J connectivity index is 2.13. The maximum Gasteiger partial charge on any atom is 0.126 e. The highest BCUT2D eigenvalue weighted by Crippen LogP contribution is 2.21. The van der Waals surface area contributed by atoms with E-state index in [2.05, 4.69) is 5.32 Å². The quantitative estimate of drug-likeness (QED) is 0.845. The molecule has 0 saturated carbocycles. The highest BCUT2D eigenvalue weighted by atomic mass is 19.1. The average molecular weight is 247 g/mol. The van der Waals surface area contributed by atoms with Crippen molar-refractivity contribution in [2.45, 2.75) is 19.9 Å². The SMILES string of the molecule is Cc1ccc(C(C)Nc2ccc(F)cc2)cc1F. The number of halogens is 2. The van der Waals surface area contributed by atoms with Gasteiger partial charge in [-0.05, 0) is 55.3 Å². The van der Waals surface area contributed by atoms with Crippen molar-refractivity contribution >= 4 is 5.69 Å². The second-order valence-corrected chi connectivity index (χ2v) is 4.38. The summed E-state index contributed by atoms with van der Waals surface area (Å²) in [6, 6.07) is 11.2. The van der Waals surface area contributed by atoms with Crippen molar-refractivity contribution in [3.63, 3.8) is 0 Å². The third kappa shape index (κ3) is 2.86. The zero-order chi connectivity index (χ0) is 13.1. The summed E-state index contributed by atoms with van der Waals surface area (Å²) in [5.41, 5.74) is 2.31. The molecular weight excluding hydrogens is 232 g/mol. The molecule has 18 heavy (non-hydrogen) atoms. The van der Waals surface area contributed by atoms with E-state index < -0.39 is 0 Å². The summed E-state index contributed by atoms with van der Waals surface area (Å²) in [5.74, 6) is -0.477. The number of nitrogens with one attached hydrogen (secondary N) is 1. The predicted molar refractivity (Wildman–Crippen MR) is 69.6 cm³/mol. The number of hydrogen-bond acceptors (Lipinski definition) is 1. The molecule has 2 aromatic rings. The molecule has 0 heterocycles. The second-order valence-electron chi connectivity index (χ2n) is 4.38. The fourth-order valence-corrected chi connectivity index (χ4v) is 1.76. The molecule has 1 unspecified atom stereocenters. The minimum Gasteiger partial charge on any atom is -0.379 e. The molecule has 0 radical (unpaired) electrons. The largest absolute Gasteiger partial charge is 0.379 e. The van der Waals surface area contributed by atoms with Crippen LogP contribution in [0.4, 0.5) is 14.5 Å². The van der Waals surface area contributed by atoms with E-state index in [1.165, 1.54) is 18.2 Å². The van der Waals surface area contributed by atoms with Crippen molar-refractivity contribution in [1.82, 2.24) is 0 Å². The zero-order valence-corrected chi connectivity index (χ0v) is 10.4. The maximum absolute atomic E-state index is 13.5. The van der Waals surface area contributed by atoms with Crippen molar-refractivity contribution < 1.29 is 8.78 Å². The standard InChI is InChI=1S/C15H15F2N/c1-10-3-4-12(9-15(10)17)11(2)18-14-7-5-13(16)6-8-14/h3-9,11,18H,1-2H3. The summed E-state index contributed by atoms with van der Waals surface area (Å²) in [5, 5.41) is 3.20. The molecule has 1 N–H and O–H groups in total. The van der Waals surface area contributed by atoms with Gasteiger partial charge in [0.25, 0.3) is 0 Å². The van der Waals surface area contributed by atoms with E-state index in [1.807, 2.05) is 13.0 Å². The van der Waals surface area contributed by atoms with Crippen molar-refractivity contribution in [2.24, 2.45) is 0 Å². The summed E-state index contributed by atoms with van der Waals surface area (Å²) >= 11 is 0. The van der Waals surface area contributed by atoms with E-state index in [4.69, 9.17) is 0 Å². The van der Waals surface area contributed by atoms with Crippen LogP contribution in [-0.4, -0.2) is 0 Å². The van der Waals surface area contributed by atoms with Gasteiger partial charge in [-0.3, -0.25) is 0 Å². The summed E-state index contributed by atoms with van der Waals surface area (Å²) < 4.78 is 26.2. The average Bonchev–Trinajstić information content (AvgIpc) is 2.35. The molecule has 1 atom stereocenters. The third-order valence-corrected chi connectivity index (χ3v) is 2.92. The van der Waals surface area contributed by atoms with Gasteiger partial charge in [0.15, 0.2) is 0 Å². The summed E-state index contributed by atoms with van der Waals surface area (Å²) in [7, 11) is 0. The molecule has 0 amide bonds. The first-order valence-corrected chi connectivity index (χ1v) is 5.84. The number of benzene rings is 2. The normalized spacial score (nSPS) is 12.2. The van der Waals surface area contributed by atoms with Gasteiger partial charge in [0.1, 0.15) is 11.6 Å². The van der Waals surface area contributed by atoms with Crippen molar-refractivity contribution in [2.75, 3.05) is 5.32 Å². The van der Waals surface area contributed by atoms with Crippen LogP contribution >= 0.6 is 0 Å². The molecule has 0 bridgehead atoms. The lowest BCUT2D eigenvalue weighted by Crippen LogP contribution is -2.07. The molecule has 0 aliphatic carbocycles. The van der Waals surface area contributed by atoms with Crippen LogP contribution in [0.25, 0.3) is 0 Å². The lowest BCUT2D eigenvalue weighted by molar-refractivity contribution is 0.614. The van der Waals surface area contributed by atoms with E-state index in [1.54, 1.807) is 25.1 Å². The molecule has 0 spiro atoms. The molecule has 1 nitrogen and oxygen atoms in total. The molecule has 0 aliphatic rings. The van der Waals surface area contributed by atoms with Gasteiger partial charge >= 0.3 is 0 Å². The molecule has 3 heteroatoms. The van der Waals surface area contributed by atoms with E-state index in [0.717, 1.165) is 11.3 Å². The van der Waals surface area contributed by atoms with Crippen LogP contribution in [0.1, 0.15) is 24.1 Å². The molecule has 2 aromatic carbocycles. The summed E-state index contributed by atoms with van der Waals surface area (Å²) in [6.45, 7) is 3.67. The van der Waals surface area contributed by atoms with E-state index in [-0.39, 0.29) is 17.7 Å². The fraction of sp³-hybridized carbons (Fsp3) is 0.200. The van der Waals surface area contributed by atoms with Crippen LogP contribution in [0.2, 0.25) is 0 Å². The van der Waals surface area contributed by atoms with Gasteiger partial charge < -0.3 is 5.32 Å². The molecule has 2 rings (SSSR count). The lowest BCUT2D eigenvalue weighted by atomic mass is 10.1. The Morgan fingerprint density at radius 2 is 1.67 bits per heavy atom. The summed E-state index contributed by atoms with van der Waals surface area (Å²) in [4.78, 5) is 0. The number of rotatable bonds is 3. The minimum absolute atomic E-state index is 0.0365. The monoisotopic (exact) mass is 247 g/mol. The van der Waals surface area contributed by atoms with Crippen LogP contribution in [0.15, 0.2) is 42.5 Å². The molecule has 94 valence electrons. The van der Waals surface area contributed by atoms with Gasteiger partial charge in [-0.25, -0.2) is 8.78 Å². The molecule has 0 saturated heterocycles. The van der Waals surface area contributed by atoms with Gasteiger partial charge in [0, 0.05) is 11.7 Å². The second kappa shape index (κ2) is 5.17. The van der Waals surface area contributed by atoms with Crippen molar-refractivity contribution in [1.29, 1.82) is 0 Å². The first-order valence-electron chi connectivity index (χ1n) is 5.84. The fourth-order valence-electron chi connectivity index (χ4n) is 1.76. The third-order valence-electron chi connectivity index (χ3n) is 2.92. The van der Waals surface area contributed by atoms with Crippen LogP contribution in [0, 0.1) is 18.6 Å². The smallest absolute Gasteiger partial charge is 0.126 e. The van der Waals surface area contributed by atoms with Crippen LogP contribution < -0.4 is 5.32 Å². The van der Waals surface area contributed by atoms with Crippen LogP contribution in [-0.2, 0) is 0 Å². The first kappa shape index (κ1) is 12.6. The van der Waals surface area contributed by atoms with Crippen LogP contribution in [0.3, 0.4) is 0 Å². The highest BCUT2D eigenvalue weighted by Gasteiger charge is 2.07. The molecular formula is C15H15F2N. The van der Waals surface area contributed by atoms with Gasteiger partial charge in [-0.15, -0.1) is 0 Å². The number of aryl methyl sites for hydroxylation is 1. The van der Waals surface area contributed by atoms with Crippen molar-refractivity contribution in [3.05, 3.63) is 65.2 Å². The lowest BCUT2D eigenvalue weighted by Gasteiger charge is -2.16. The predicted octanol–water partition coefficient (Wildman–Crippen LogP) is 4.45. The zero-order valence-electron chi connectivity index (χ0n) is 10.4. The van der Waals surface area contributed by atoms with Gasteiger partial charge in [-0.1, -0.05) is 12.1 Å². The number of hydrogen-bond donors (Lipinski definition) is 1. The number of anilines is 1. The van der Waals surface area contributed by atoms with E-state index in [0.29, 0.717) is 5.56 Å². The topological polar surface area (TPSA) is 12.0 Å². The Hall–Kier alpha value is -1.90. The molecule has 0 aliphatic heterocycles. The van der Waals surface area contributed by atoms with Crippen molar-refractivity contribution in [3.8, 4) is 0 Å². The van der Waals surface area contributed by atoms with Gasteiger partial charge in [0.05, 0.1) is 0 Å². The minimum atomic E-state index is -0.269. The first-order chi connectivity index (χ1) is 8.56. The molecule has 0 fully saturated rings. The highest BCUT2D eigenvalue weighted by molar-refractivity contribution is 5.45. The maximum atomic E-state index is 13.5. The van der Waals surface area contributed by atoms with E-state index >= 15 is 0 Å². The summed E-state index contributed by atoms with van der Waals surface area (Å²) in [6.07, 6.45) is 0. The Kier molecular flexibility index (Phi) is 3.60. The van der Waals surface area contributed by atoms with Gasteiger partial charge in [0.2, 0.25) is 0 Å². The Morgan fingerprint density at radius 3 is 2.28 bits per heavy atom. The Bertz CT molecular complexity index is 535.